The molecule has 24 heavy (non-hydrogen) atoms. The molecule has 2 aliphatic carbocycles. The molecular weight excluding hydrogens is 322 g/mol. The summed E-state index contributed by atoms with van der Waals surface area (Å²) in [4.78, 5) is 14.7. The standard InChI is InChI=1S/C19H35N3O.ClH/c1-14(18-12-16-3-4-17(18)11-16)21-19(23)13-22-9-6-15(7-10-22)5-8-20-2;/h14-18,20H,3-13H2,1-2H3,(H,21,23);1H. The van der Waals surface area contributed by atoms with Crippen molar-refractivity contribution in [1.29, 1.82) is 0 Å². The van der Waals surface area contributed by atoms with Gasteiger partial charge in [0.25, 0.3) is 0 Å². The summed E-state index contributed by atoms with van der Waals surface area (Å²) in [6.07, 6.45) is 9.37. The average molecular weight is 358 g/mol. The average Bonchev–Trinajstić information content (AvgIpc) is 3.17. The van der Waals surface area contributed by atoms with E-state index in [0.717, 1.165) is 43.3 Å². The summed E-state index contributed by atoms with van der Waals surface area (Å²) in [5, 5.41) is 6.55. The van der Waals surface area contributed by atoms with Gasteiger partial charge in [-0.25, -0.2) is 0 Å². The molecule has 0 spiro atoms. The van der Waals surface area contributed by atoms with Gasteiger partial charge in [0.2, 0.25) is 5.91 Å². The number of nitrogens with one attached hydrogen (secondary N) is 2. The SMILES string of the molecule is CNCCC1CCN(CC(=O)NC(C)C2CC3CCC2C3)CC1.Cl. The molecule has 0 aromatic heterocycles. The van der Waals surface area contributed by atoms with Crippen molar-refractivity contribution in [3.8, 4) is 0 Å². The van der Waals surface area contributed by atoms with Crippen LogP contribution in [0.5, 0.6) is 0 Å². The van der Waals surface area contributed by atoms with Gasteiger partial charge in [-0.1, -0.05) is 6.42 Å². The maximum Gasteiger partial charge on any atom is 0.234 e. The Hall–Kier alpha value is -0.320. The van der Waals surface area contributed by atoms with Gasteiger partial charge in [0.1, 0.15) is 0 Å². The van der Waals surface area contributed by atoms with Crippen LogP contribution in [0.15, 0.2) is 0 Å². The van der Waals surface area contributed by atoms with Gasteiger partial charge >= 0.3 is 0 Å². The summed E-state index contributed by atoms with van der Waals surface area (Å²) in [5.41, 5.74) is 0. The Morgan fingerprint density at radius 1 is 1.17 bits per heavy atom. The van der Waals surface area contributed by atoms with E-state index in [1.807, 2.05) is 7.05 Å². The van der Waals surface area contributed by atoms with E-state index in [1.165, 1.54) is 44.9 Å². The first-order valence-electron chi connectivity index (χ1n) is 9.82. The highest BCUT2D eigenvalue weighted by atomic mass is 35.5. The van der Waals surface area contributed by atoms with E-state index in [-0.39, 0.29) is 18.3 Å². The number of carbonyl (C=O) groups excluding carboxylic acids is 1. The number of hydrogen-bond acceptors (Lipinski definition) is 3. The monoisotopic (exact) mass is 357 g/mol. The van der Waals surface area contributed by atoms with Crippen LogP contribution in [0.2, 0.25) is 0 Å². The molecule has 4 unspecified atom stereocenters. The van der Waals surface area contributed by atoms with Crippen LogP contribution in [0.4, 0.5) is 0 Å². The van der Waals surface area contributed by atoms with E-state index in [2.05, 4.69) is 22.5 Å². The lowest BCUT2D eigenvalue weighted by atomic mass is 9.84. The Morgan fingerprint density at radius 3 is 2.50 bits per heavy atom. The van der Waals surface area contributed by atoms with Crippen molar-refractivity contribution in [2.45, 2.75) is 57.9 Å². The topological polar surface area (TPSA) is 44.4 Å². The van der Waals surface area contributed by atoms with Gasteiger partial charge in [0.05, 0.1) is 6.54 Å². The molecule has 4 atom stereocenters. The molecule has 1 amide bonds. The fraction of sp³-hybridized carbons (Fsp3) is 0.947. The lowest BCUT2D eigenvalue weighted by molar-refractivity contribution is -0.123. The Balaban J connectivity index is 0.00000208. The maximum atomic E-state index is 12.4. The molecule has 2 N–H and O–H groups in total. The third kappa shape index (κ3) is 5.09. The number of nitrogens with zero attached hydrogens (tertiary/aromatic N) is 1. The van der Waals surface area contributed by atoms with Crippen molar-refractivity contribution in [1.82, 2.24) is 15.5 Å². The Bertz CT molecular complexity index is 398. The minimum Gasteiger partial charge on any atom is -0.352 e. The van der Waals surface area contributed by atoms with Crippen LogP contribution in [-0.2, 0) is 4.79 Å². The van der Waals surface area contributed by atoms with E-state index >= 15 is 0 Å². The smallest absolute Gasteiger partial charge is 0.234 e. The van der Waals surface area contributed by atoms with Crippen molar-refractivity contribution in [2.24, 2.45) is 23.7 Å². The molecule has 2 bridgehead atoms. The van der Waals surface area contributed by atoms with Crippen LogP contribution < -0.4 is 10.6 Å². The highest BCUT2D eigenvalue weighted by molar-refractivity contribution is 5.85. The minimum absolute atomic E-state index is 0. The van der Waals surface area contributed by atoms with Gasteiger partial charge in [0.15, 0.2) is 0 Å². The van der Waals surface area contributed by atoms with Crippen LogP contribution >= 0.6 is 12.4 Å². The Kier molecular flexibility index (Phi) is 7.83. The van der Waals surface area contributed by atoms with Crippen molar-refractivity contribution in [3.63, 3.8) is 0 Å². The molecule has 5 heteroatoms. The zero-order chi connectivity index (χ0) is 16.2. The first-order chi connectivity index (χ1) is 11.2. The highest BCUT2D eigenvalue weighted by Gasteiger charge is 2.42. The number of hydrogen-bond donors (Lipinski definition) is 2. The lowest BCUT2D eigenvalue weighted by Gasteiger charge is -2.33. The van der Waals surface area contributed by atoms with E-state index in [9.17, 15) is 4.79 Å². The molecule has 140 valence electrons. The number of piperidine rings is 1. The Morgan fingerprint density at radius 2 is 1.92 bits per heavy atom. The molecule has 3 rings (SSSR count). The summed E-state index contributed by atoms with van der Waals surface area (Å²) < 4.78 is 0. The van der Waals surface area contributed by atoms with Gasteiger partial charge < -0.3 is 10.6 Å². The zero-order valence-electron chi connectivity index (χ0n) is 15.4. The van der Waals surface area contributed by atoms with Crippen LogP contribution in [0.3, 0.4) is 0 Å². The second kappa shape index (κ2) is 9.40. The van der Waals surface area contributed by atoms with E-state index in [1.54, 1.807) is 0 Å². The third-order valence-electron chi connectivity index (χ3n) is 6.70. The predicted molar refractivity (Wildman–Crippen MR) is 101 cm³/mol. The fourth-order valence-corrected chi connectivity index (χ4v) is 5.30. The molecule has 3 aliphatic rings. The van der Waals surface area contributed by atoms with Crippen molar-refractivity contribution in [3.05, 3.63) is 0 Å². The lowest BCUT2D eigenvalue weighted by Crippen LogP contribution is -2.46. The molecule has 3 fully saturated rings. The van der Waals surface area contributed by atoms with Crippen molar-refractivity contribution >= 4 is 18.3 Å². The minimum atomic E-state index is 0. The quantitative estimate of drug-likeness (QED) is 0.736. The van der Waals surface area contributed by atoms with Gasteiger partial charge in [-0.2, -0.15) is 0 Å². The molecule has 4 nitrogen and oxygen atoms in total. The van der Waals surface area contributed by atoms with Gasteiger partial charge in [-0.3, -0.25) is 9.69 Å². The number of rotatable bonds is 7. The summed E-state index contributed by atoms with van der Waals surface area (Å²) >= 11 is 0. The number of halogens is 1. The van der Waals surface area contributed by atoms with Gasteiger partial charge in [0, 0.05) is 6.04 Å². The first-order valence-corrected chi connectivity index (χ1v) is 9.82. The summed E-state index contributed by atoms with van der Waals surface area (Å²) in [5.74, 6) is 3.67. The molecular formula is C19H36ClN3O. The molecule has 1 aliphatic heterocycles. The number of carbonyl (C=O) groups is 1. The third-order valence-corrected chi connectivity index (χ3v) is 6.70. The van der Waals surface area contributed by atoms with Crippen LogP contribution in [0.25, 0.3) is 0 Å². The molecule has 0 aromatic carbocycles. The van der Waals surface area contributed by atoms with E-state index in [4.69, 9.17) is 0 Å². The summed E-state index contributed by atoms with van der Waals surface area (Å²) in [6.45, 7) is 6.12. The van der Waals surface area contributed by atoms with Gasteiger partial charge in [-0.15, -0.1) is 12.4 Å². The summed E-state index contributed by atoms with van der Waals surface area (Å²) in [7, 11) is 2.02. The molecule has 1 saturated heterocycles. The summed E-state index contributed by atoms with van der Waals surface area (Å²) in [6, 6.07) is 0.367. The zero-order valence-corrected chi connectivity index (χ0v) is 16.2. The van der Waals surface area contributed by atoms with Crippen molar-refractivity contribution < 1.29 is 4.79 Å². The predicted octanol–water partition coefficient (Wildman–Crippen LogP) is 2.67. The maximum absolute atomic E-state index is 12.4. The molecule has 2 saturated carbocycles. The molecule has 1 heterocycles. The number of likely N-dealkylation sites (tertiary alicyclic amines) is 1. The Labute approximate surface area is 153 Å². The van der Waals surface area contributed by atoms with E-state index in [0.29, 0.717) is 12.6 Å². The van der Waals surface area contributed by atoms with Crippen LogP contribution in [0.1, 0.15) is 51.9 Å². The highest BCUT2D eigenvalue weighted by Crippen LogP contribution is 2.49. The fourth-order valence-electron chi connectivity index (χ4n) is 5.30. The largest absolute Gasteiger partial charge is 0.352 e. The first kappa shape index (κ1) is 20.0. The molecule has 0 aromatic rings. The second-order valence-electron chi connectivity index (χ2n) is 8.31. The van der Waals surface area contributed by atoms with Crippen molar-refractivity contribution in [2.75, 3.05) is 33.2 Å². The number of amides is 1. The molecule has 0 radical (unpaired) electrons. The van der Waals surface area contributed by atoms with Crippen LogP contribution in [-0.4, -0.2) is 50.1 Å². The van der Waals surface area contributed by atoms with Gasteiger partial charge in [-0.05, 0) is 95.8 Å². The van der Waals surface area contributed by atoms with Crippen LogP contribution in [0, 0.1) is 23.7 Å². The normalized spacial score (nSPS) is 31.7. The van der Waals surface area contributed by atoms with E-state index < -0.39 is 0 Å². The second-order valence-corrected chi connectivity index (χ2v) is 8.31. The number of fused-ring (bicyclic) bond motifs is 2.